The Morgan fingerprint density at radius 2 is 2.19 bits per heavy atom. The van der Waals surface area contributed by atoms with Crippen molar-refractivity contribution in [1.29, 1.82) is 0 Å². The molecule has 1 aliphatic rings. The summed E-state index contributed by atoms with van der Waals surface area (Å²) in [6.07, 6.45) is 2.45. The van der Waals surface area contributed by atoms with Gasteiger partial charge < -0.3 is 4.74 Å². The van der Waals surface area contributed by atoms with Gasteiger partial charge in [-0.1, -0.05) is 23.4 Å². The Balaban J connectivity index is 1.89. The number of aromatic nitrogens is 3. The average molecular weight is 307 g/mol. The highest BCUT2D eigenvalue weighted by Crippen LogP contribution is 2.27. The van der Waals surface area contributed by atoms with Crippen LogP contribution in [0.1, 0.15) is 23.6 Å². The van der Waals surface area contributed by atoms with E-state index in [0.29, 0.717) is 13.0 Å². The first-order chi connectivity index (χ1) is 10.1. The molecule has 0 bridgehead atoms. The molecule has 3 rings (SSSR count). The number of methoxy groups -OCH3 is 1. The van der Waals surface area contributed by atoms with Gasteiger partial charge in [0.15, 0.2) is 9.84 Å². The van der Waals surface area contributed by atoms with Gasteiger partial charge in [-0.2, -0.15) is 0 Å². The number of ether oxygens (including phenoxy) is 1. The lowest BCUT2D eigenvalue weighted by atomic mass is 10.1. The molecule has 21 heavy (non-hydrogen) atoms. The van der Waals surface area contributed by atoms with E-state index in [1.807, 2.05) is 30.5 Å². The van der Waals surface area contributed by atoms with E-state index in [1.54, 1.807) is 11.8 Å². The van der Waals surface area contributed by atoms with E-state index in [-0.39, 0.29) is 17.4 Å². The van der Waals surface area contributed by atoms with E-state index in [4.69, 9.17) is 4.74 Å². The van der Waals surface area contributed by atoms with Gasteiger partial charge in [0.2, 0.25) is 0 Å². The highest BCUT2D eigenvalue weighted by atomic mass is 32.2. The number of para-hydroxylation sites is 1. The molecule has 1 aliphatic heterocycles. The Morgan fingerprint density at radius 1 is 1.38 bits per heavy atom. The van der Waals surface area contributed by atoms with Crippen molar-refractivity contribution in [2.75, 3.05) is 18.6 Å². The summed E-state index contributed by atoms with van der Waals surface area (Å²) in [5.74, 6) is 0.370. The highest BCUT2D eigenvalue weighted by molar-refractivity contribution is 7.91. The minimum absolute atomic E-state index is 0.0432. The van der Waals surface area contributed by atoms with Gasteiger partial charge in [-0.25, -0.2) is 13.1 Å². The molecule has 1 aromatic heterocycles. The van der Waals surface area contributed by atoms with Crippen molar-refractivity contribution in [3.05, 3.63) is 41.7 Å². The van der Waals surface area contributed by atoms with E-state index in [0.717, 1.165) is 16.9 Å². The molecule has 6 nitrogen and oxygen atoms in total. The Labute approximate surface area is 123 Å². The van der Waals surface area contributed by atoms with E-state index in [9.17, 15) is 8.42 Å². The van der Waals surface area contributed by atoms with Gasteiger partial charge in [-0.05, 0) is 12.5 Å². The summed E-state index contributed by atoms with van der Waals surface area (Å²) < 4.78 is 30.0. The predicted octanol–water partition coefficient (Wildman–Crippen LogP) is 1.32. The molecule has 1 saturated heterocycles. The van der Waals surface area contributed by atoms with Gasteiger partial charge in [-0.3, -0.25) is 0 Å². The summed E-state index contributed by atoms with van der Waals surface area (Å²) in [6, 6.07) is 7.79. The van der Waals surface area contributed by atoms with E-state index in [1.165, 1.54) is 0 Å². The minimum atomic E-state index is -2.91. The second-order valence-electron chi connectivity index (χ2n) is 5.25. The number of hydrogen-bond acceptors (Lipinski definition) is 5. The molecule has 0 spiro atoms. The van der Waals surface area contributed by atoms with Crippen LogP contribution in [0.3, 0.4) is 0 Å². The summed E-state index contributed by atoms with van der Waals surface area (Å²) in [5, 5.41) is 8.29. The molecule has 1 aromatic carbocycles. The maximum absolute atomic E-state index is 11.6. The Hall–Kier alpha value is -1.73. The molecule has 0 aliphatic carbocycles. The third-order valence-corrected chi connectivity index (χ3v) is 5.47. The zero-order valence-corrected chi connectivity index (χ0v) is 12.6. The van der Waals surface area contributed by atoms with Crippen LogP contribution in [0.2, 0.25) is 0 Å². The topological polar surface area (TPSA) is 74.1 Å². The second-order valence-corrected chi connectivity index (χ2v) is 7.48. The summed E-state index contributed by atoms with van der Waals surface area (Å²) in [5.41, 5.74) is 2.65. The molecule has 0 saturated carbocycles. The normalized spacial score (nSPS) is 20.7. The summed E-state index contributed by atoms with van der Waals surface area (Å²) in [7, 11) is -1.27. The monoisotopic (exact) mass is 307 g/mol. The first-order valence-electron chi connectivity index (χ1n) is 6.79. The van der Waals surface area contributed by atoms with Gasteiger partial charge in [0.25, 0.3) is 0 Å². The summed E-state index contributed by atoms with van der Waals surface area (Å²) in [4.78, 5) is 0. The van der Waals surface area contributed by atoms with Gasteiger partial charge in [0.05, 0.1) is 35.7 Å². The summed E-state index contributed by atoms with van der Waals surface area (Å²) >= 11 is 0. The largest absolute Gasteiger partial charge is 0.380 e. The van der Waals surface area contributed by atoms with Crippen LogP contribution in [0.5, 0.6) is 0 Å². The molecule has 1 atom stereocenters. The first kappa shape index (κ1) is 14.2. The fourth-order valence-electron chi connectivity index (χ4n) is 2.62. The Bertz CT molecular complexity index is 739. The van der Waals surface area contributed by atoms with Crippen molar-refractivity contribution in [3.8, 4) is 5.69 Å². The number of hydrogen-bond donors (Lipinski definition) is 0. The van der Waals surface area contributed by atoms with Gasteiger partial charge in [0, 0.05) is 18.6 Å². The molecule has 112 valence electrons. The van der Waals surface area contributed by atoms with Crippen molar-refractivity contribution < 1.29 is 13.2 Å². The lowest BCUT2D eigenvalue weighted by Gasteiger charge is -2.07. The Kier molecular flexibility index (Phi) is 3.77. The van der Waals surface area contributed by atoms with Crippen LogP contribution in [0.25, 0.3) is 5.69 Å². The lowest BCUT2D eigenvalue weighted by molar-refractivity contribution is 0.184. The van der Waals surface area contributed by atoms with Crippen LogP contribution in [0.15, 0.2) is 30.5 Å². The van der Waals surface area contributed by atoms with Crippen LogP contribution in [-0.4, -0.2) is 42.0 Å². The van der Waals surface area contributed by atoms with Gasteiger partial charge in [-0.15, -0.1) is 5.10 Å². The standard InChI is InChI=1S/C14H17N3O3S/c1-20-9-11-4-2-3-5-14(11)17-8-13(15-16-17)12-6-7-21(18,19)10-12/h2-5,8,12H,6-7,9-10H2,1H3. The van der Waals surface area contributed by atoms with E-state index in [2.05, 4.69) is 10.3 Å². The number of benzene rings is 1. The molecule has 0 amide bonds. The van der Waals surface area contributed by atoms with Crippen molar-refractivity contribution in [2.45, 2.75) is 18.9 Å². The minimum Gasteiger partial charge on any atom is -0.380 e. The molecule has 0 N–H and O–H groups in total. The van der Waals surface area contributed by atoms with Crippen molar-refractivity contribution in [2.24, 2.45) is 0 Å². The van der Waals surface area contributed by atoms with Crippen molar-refractivity contribution in [1.82, 2.24) is 15.0 Å². The smallest absolute Gasteiger partial charge is 0.151 e. The van der Waals surface area contributed by atoms with Gasteiger partial charge >= 0.3 is 0 Å². The molecule has 7 heteroatoms. The third-order valence-electron chi connectivity index (χ3n) is 3.70. The fourth-order valence-corrected chi connectivity index (χ4v) is 4.38. The maximum atomic E-state index is 11.6. The van der Waals surface area contributed by atoms with Crippen LogP contribution in [-0.2, 0) is 21.2 Å². The number of sulfone groups is 1. The number of rotatable bonds is 4. The van der Waals surface area contributed by atoms with Crippen LogP contribution in [0, 0.1) is 0 Å². The first-order valence-corrected chi connectivity index (χ1v) is 8.61. The van der Waals surface area contributed by atoms with Crippen molar-refractivity contribution >= 4 is 9.84 Å². The molecule has 1 unspecified atom stereocenters. The van der Waals surface area contributed by atoms with E-state index >= 15 is 0 Å². The molecular weight excluding hydrogens is 290 g/mol. The zero-order valence-electron chi connectivity index (χ0n) is 11.8. The lowest BCUT2D eigenvalue weighted by Crippen LogP contribution is -2.04. The SMILES string of the molecule is COCc1ccccc1-n1cc(C2CCS(=O)(=O)C2)nn1. The van der Waals surface area contributed by atoms with Gasteiger partial charge in [0.1, 0.15) is 0 Å². The highest BCUT2D eigenvalue weighted by Gasteiger charge is 2.31. The average Bonchev–Trinajstić information content (AvgIpc) is 3.06. The van der Waals surface area contributed by atoms with Crippen LogP contribution in [0.4, 0.5) is 0 Å². The molecule has 0 radical (unpaired) electrons. The molecule has 1 fully saturated rings. The second kappa shape index (κ2) is 5.57. The molecular formula is C14H17N3O3S. The van der Waals surface area contributed by atoms with Crippen LogP contribution < -0.4 is 0 Å². The van der Waals surface area contributed by atoms with E-state index < -0.39 is 9.84 Å². The quantitative estimate of drug-likeness (QED) is 0.851. The number of nitrogens with zero attached hydrogens (tertiary/aromatic N) is 3. The zero-order chi connectivity index (χ0) is 14.9. The predicted molar refractivity (Wildman–Crippen MR) is 78.1 cm³/mol. The van der Waals surface area contributed by atoms with Crippen molar-refractivity contribution in [3.63, 3.8) is 0 Å². The Morgan fingerprint density at radius 3 is 2.90 bits per heavy atom. The maximum Gasteiger partial charge on any atom is 0.151 e. The van der Waals surface area contributed by atoms with Crippen LogP contribution >= 0.6 is 0 Å². The third kappa shape index (κ3) is 2.98. The molecule has 2 heterocycles. The fraction of sp³-hybridized carbons (Fsp3) is 0.429. The molecule has 2 aromatic rings. The summed E-state index contributed by atoms with van der Waals surface area (Å²) in [6.45, 7) is 0.489.